The van der Waals surface area contributed by atoms with Gasteiger partial charge < -0.3 is 5.21 Å². The van der Waals surface area contributed by atoms with Crippen molar-refractivity contribution in [2.75, 3.05) is 0 Å². The molecule has 4 nitrogen and oxygen atoms in total. The molecule has 1 heterocycles. The molecule has 6 heteroatoms. The van der Waals surface area contributed by atoms with Gasteiger partial charge in [0, 0.05) is 9.92 Å². The molecule has 0 fully saturated rings. The van der Waals surface area contributed by atoms with E-state index in [1.807, 2.05) is 35.9 Å². The number of oxime groups is 1. The van der Waals surface area contributed by atoms with Crippen molar-refractivity contribution in [3.05, 3.63) is 70.4 Å². The highest BCUT2D eigenvalue weighted by atomic mass is 35.5. The van der Waals surface area contributed by atoms with E-state index in [1.165, 1.54) is 11.8 Å². The van der Waals surface area contributed by atoms with Crippen LogP contribution in [0.4, 0.5) is 0 Å². The minimum Gasteiger partial charge on any atom is -0.411 e. The van der Waals surface area contributed by atoms with Gasteiger partial charge in [-0.2, -0.15) is 5.10 Å². The van der Waals surface area contributed by atoms with Gasteiger partial charge in [0.05, 0.1) is 23.2 Å². The van der Waals surface area contributed by atoms with E-state index >= 15 is 0 Å². The second-order valence-electron chi connectivity index (χ2n) is 5.36. The van der Waals surface area contributed by atoms with Crippen LogP contribution in [-0.4, -0.2) is 21.2 Å². The quantitative estimate of drug-likeness (QED) is 0.401. The van der Waals surface area contributed by atoms with Gasteiger partial charge in [0.25, 0.3) is 0 Å². The molecule has 2 aromatic carbocycles. The Morgan fingerprint density at radius 3 is 2.58 bits per heavy atom. The highest BCUT2D eigenvalue weighted by Gasteiger charge is 2.17. The summed E-state index contributed by atoms with van der Waals surface area (Å²) in [5.41, 5.74) is 3.62. The molecule has 24 heavy (non-hydrogen) atoms. The van der Waals surface area contributed by atoms with Gasteiger partial charge in [0.2, 0.25) is 0 Å². The van der Waals surface area contributed by atoms with Crippen LogP contribution < -0.4 is 0 Å². The van der Waals surface area contributed by atoms with Gasteiger partial charge in [0.1, 0.15) is 5.03 Å². The van der Waals surface area contributed by atoms with Crippen LogP contribution in [0.5, 0.6) is 0 Å². The first-order valence-electron chi connectivity index (χ1n) is 7.36. The zero-order chi connectivity index (χ0) is 17.1. The van der Waals surface area contributed by atoms with Crippen LogP contribution in [0.15, 0.2) is 63.6 Å². The Balaban J connectivity index is 2.12. The largest absolute Gasteiger partial charge is 0.411 e. The minimum atomic E-state index is 0.643. The number of benzene rings is 2. The molecular formula is C18H16ClN3OS. The monoisotopic (exact) mass is 357 g/mol. The summed E-state index contributed by atoms with van der Waals surface area (Å²) in [7, 11) is 0. The molecule has 0 radical (unpaired) electrons. The Bertz CT molecular complexity index is 888. The summed E-state index contributed by atoms with van der Waals surface area (Å²) in [6.07, 6.45) is 1.42. The molecular weight excluding hydrogens is 342 g/mol. The highest BCUT2D eigenvalue weighted by Crippen LogP contribution is 2.33. The van der Waals surface area contributed by atoms with Gasteiger partial charge in [-0.25, -0.2) is 4.68 Å². The van der Waals surface area contributed by atoms with Crippen molar-refractivity contribution in [3.8, 4) is 5.69 Å². The van der Waals surface area contributed by atoms with Gasteiger partial charge in [-0.1, -0.05) is 52.3 Å². The van der Waals surface area contributed by atoms with E-state index < -0.39 is 0 Å². The molecule has 0 saturated carbocycles. The standard InChI is InChI=1S/C18H16ClN3OS/c1-12-6-8-16(9-7-12)24-18-17(11-20-23)13(2)21-22(18)15-5-3-4-14(19)10-15/h3-11,23H,1-2H3. The zero-order valence-electron chi connectivity index (χ0n) is 13.3. The van der Waals surface area contributed by atoms with Crippen molar-refractivity contribution in [2.45, 2.75) is 23.8 Å². The molecule has 3 aromatic rings. The lowest BCUT2D eigenvalue weighted by Crippen LogP contribution is -1.99. The van der Waals surface area contributed by atoms with Crippen molar-refractivity contribution in [1.29, 1.82) is 0 Å². The van der Waals surface area contributed by atoms with Gasteiger partial charge in [-0.05, 0) is 44.2 Å². The molecule has 0 unspecified atom stereocenters. The lowest BCUT2D eigenvalue weighted by atomic mass is 10.2. The Morgan fingerprint density at radius 2 is 1.92 bits per heavy atom. The first-order chi connectivity index (χ1) is 11.6. The smallest absolute Gasteiger partial charge is 0.114 e. The SMILES string of the molecule is Cc1ccc(Sc2c(C=NO)c(C)nn2-c2cccc(Cl)c2)cc1. The summed E-state index contributed by atoms with van der Waals surface area (Å²) >= 11 is 7.68. The van der Waals surface area contributed by atoms with E-state index in [1.54, 1.807) is 11.8 Å². The number of aryl methyl sites for hydroxylation is 2. The van der Waals surface area contributed by atoms with Crippen LogP contribution in [0.3, 0.4) is 0 Å². The van der Waals surface area contributed by atoms with E-state index in [0.29, 0.717) is 5.02 Å². The fourth-order valence-electron chi connectivity index (χ4n) is 2.32. The maximum atomic E-state index is 9.00. The maximum Gasteiger partial charge on any atom is 0.114 e. The Kier molecular flexibility index (Phi) is 4.92. The van der Waals surface area contributed by atoms with Crippen LogP contribution in [0, 0.1) is 13.8 Å². The third-order valence-corrected chi connectivity index (χ3v) is 4.87. The Hall–Kier alpha value is -2.24. The molecule has 1 aromatic heterocycles. The lowest BCUT2D eigenvalue weighted by Gasteiger charge is -2.09. The van der Waals surface area contributed by atoms with Crippen LogP contribution in [0.25, 0.3) is 5.69 Å². The molecule has 0 atom stereocenters. The van der Waals surface area contributed by atoms with Crippen LogP contribution in [-0.2, 0) is 0 Å². The number of aromatic nitrogens is 2. The normalized spacial score (nSPS) is 11.3. The minimum absolute atomic E-state index is 0.643. The maximum absolute atomic E-state index is 9.00. The number of nitrogens with zero attached hydrogens (tertiary/aromatic N) is 3. The predicted molar refractivity (Wildman–Crippen MR) is 98.0 cm³/mol. The van der Waals surface area contributed by atoms with E-state index in [0.717, 1.165) is 26.9 Å². The molecule has 1 N–H and O–H groups in total. The van der Waals surface area contributed by atoms with Crippen molar-refractivity contribution in [2.24, 2.45) is 5.16 Å². The van der Waals surface area contributed by atoms with Crippen LogP contribution >= 0.6 is 23.4 Å². The van der Waals surface area contributed by atoms with E-state index in [9.17, 15) is 0 Å². The average Bonchev–Trinajstić information content (AvgIpc) is 2.87. The predicted octanol–water partition coefficient (Wildman–Crippen LogP) is 5.10. The number of hydrogen-bond acceptors (Lipinski definition) is 4. The number of rotatable bonds is 4. The Labute approximate surface area is 149 Å². The lowest BCUT2D eigenvalue weighted by molar-refractivity contribution is 0.321. The molecule has 0 spiro atoms. The topological polar surface area (TPSA) is 50.4 Å². The summed E-state index contributed by atoms with van der Waals surface area (Å²) < 4.78 is 1.82. The third-order valence-electron chi connectivity index (χ3n) is 3.54. The fraction of sp³-hybridized carbons (Fsp3) is 0.111. The molecule has 122 valence electrons. The molecule has 0 aliphatic carbocycles. The zero-order valence-corrected chi connectivity index (χ0v) is 14.8. The first-order valence-corrected chi connectivity index (χ1v) is 8.55. The van der Waals surface area contributed by atoms with Crippen molar-refractivity contribution >= 4 is 29.6 Å². The second-order valence-corrected chi connectivity index (χ2v) is 6.85. The average molecular weight is 358 g/mol. The summed E-state index contributed by atoms with van der Waals surface area (Å²) in [6.45, 7) is 3.94. The van der Waals surface area contributed by atoms with E-state index in [2.05, 4.69) is 41.4 Å². The van der Waals surface area contributed by atoms with E-state index in [-0.39, 0.29) is 0 Å². The van der Waals surface area contributed by atoms with Crippen molar-refractivity contribution < 1.29 is 5.21 Å². The summed E-state index contributed by atoms with van der Waals surface area (Å²) in [5.74, 6) is 0. The number of hydrogen-bond donors (Lipinski definition) is 1. The van der Waals surface area contributed by atoms with Crippen molar-refractivity contribution in [1.82, 2.24) is 9.78 Å². The molecule has 0 aliphatic heterocycles. The van der Waals surface area contributed by atoms with Gasteiger partial charge >= 0.3 is 0 Å². The van der Waals surface area contributed by atoms with Crippen LogP contribution in [0.1, 0.15) is 16.8 Å². The second kappa shape index (κ2) is 7.11. The molecule has 0 aliphatic rings. The van der Waals surface area contributed by atoms with E-state index in [4.69, 9.17) is 16.8 Å². The molecule has 0 amide bonds. The Morgan fingerprint density at radius 1 is 1.17 bits per heavy atom. The summed E-state index contributed by atoms with van der Waals surface area (Å²) in [6, 6.07) is 15.8. The fourth-order valence-corrected chi connectivity index (χ4v) is 3.55. The summed E-state index contributed by atoms with van der Waals surface area (Å²) in [5, 5.41) is 18.3. The summed E-state index contributed by atoms with van der Waals surface area (Å²) in [4.78, 5) is 1.08. The molecule has 0 bridgehead atoms. The molecule has 0 saturated heterocycles. The van der Waals surface area contributed by atoms with Crippen LogP contribution in [0.2, 0.25) is 5.02 Å². The molecule has 3 rings (SSSR count). The number of halogens is 1. The highest BCUT2D eigenvalue weighted by molar-refractivity contribution is 7.99. The first kappa shape index (κ1) is 16.6. The van der Waals surface area contributed by atoms with Crippen molar-refractivity contribution in [3.63, 3.8) is 0 Å². The van der Waals surface area contributed by atoms with Gasteiger partial charge in [0.15, 0.2) is 0 Å². The van der Waals surface area contributed by atoms with Gasteiger partial charge in [-0.15, -0.1) is 0 Å². The third kappa shape index (κ3) is 3.47. The van der Waals surface area contributed by atoms with Gasteiger partial charge in [-0.3, -0.25) is 0 Å².